The van der Waals surface area contributed by atoms with Crippen LogP contribution >= 0.6 is 0 Å². The van der Waals surface area contributed by atoms with Gasteiger partial charge in [-0.05, 0) is 49.2 Å². The predicted octanol–water partition coefficient (Wildman–Crippen LogP) is 5.90. The lowest BCUT2D eigenvalue weighted by Gasteiger charge is -2.25. The summed E-state index contributed by atoms with van der Waals surface area (Å²) in [6, 6.07) is 11.9. The van der Waals surface area contributed by atoms with Crippen molar-refractivity contribution in [2.45, 2.75) is 65.2 Å². The van der Waals surface area contributed by atoms with Gasteiger partial charge in [-0.3, -0.25) is 4.98 Å². The Morgan fingerprint density at radius 1 is 0.667 bits per heavy atom. The van der Waals surface area contributed by atoms with E-state index in [-0.39, 0.29) is 0 Å². The zero-order valence-corrected chi connectivity index (χ0v) is 17.2. The van der Waals surface area contributed by atoms with E-state index >= 15 is 0 Å². The Morgan fingerprint density at radius 2 is 1.15 bits per heavy atom. The average molecular weight is 371 g/mol. The second kappa shape index (κ2) is 14.9. The summed E-state index contributed by atoms with van der Waals surface area (Å²) in [6.07, 6.45) is 13.9. The Hall–Kier alpha value is -2.23. The number of nitrogens with two attached hydrogens (primary N) is 2. The first-order chi connectivity index (χ1) is 13.2. The van der Waals surface area contributed by atoms with E-state index in [0.29, 0.717) is 0 Å². The number of rotatable bonds is 11. The molecule has 150 valence electrons. The minimum atomic E-state index is 0.759. The number of pyridine rings is 1. The van der Waals surface area contributed by atoms with E-state index in [9.17, 15) is 0 Å². The van der Waals surface area contributed by atoms with Gasteiger partial charge in [0, 0.05) is 42.5 Å². The SMILES string of the molecule is CCCCCCN(CCCCCC)c1ccc(N)cc1.Nc1ccncc1. The van der Waals surface area contributed by atoms with E-state index in [4.69, 9.17) is 11.5 Å². The van der Waals surface area contributed by atoms with Crippen molar-refractivity contribution in [3.63, 3.8) is 0 Å². The Morgan fingerprint density at radius 3 is 1.56 bits per heavy atom. The van der Waals surface area contributed by atoms with Gasteiger partial charge in [0.15, 0.2) is 0 Å². The maximum absolute atomic E-state index is 5.79. The minimum Gasteiger partial charge on any atom is -0.399 e. The molecule has 0 saturated heterocycles. The van der Waals surface area contributed by atoms with E-state index in [1.807, 2.05) is 12.1 Å². The van der Waals surface area contributed by atoms with Crippen LogP contribution in [0.2, 0.25) is 0 Å². The van der Waals surface area contributed by atoms with Crippen LogP contribution < -0.4 is 16.4 Å². The highest BCUT2D eigenvalue weighted by Gasteiger charge is 2.05. The van der Waals surface area contributed by atoms with E-state index < -0.39 is 0 Å². The maximum atomic E-state index is 5.79. The summed E-state index contributed by atoms with van der Waals surface area (Å²) < 4.78 is 0. The molecule has 4 heteroatoms. The van der Waals surface area contributed by atoms with E-state index in [2.05, 4.69) is 35.9 Å². The molecule has 1 aromatic heterocycles. The van der Waals surface area contributed by atoms with Crippen LogP contribution in [0.1, 0.15) is 65.2 Å². The van der Waals surface area contributed by atoms with Gasteiger partial charge in [-0.15, -0.1) is 0 Å². The van der Waals surface area contributed by atoms with Crippen LogP contribution in [0.15, 0.2) is 48.8 Å². The molecule has 0 aliphatic carbocycles. The van der Waals surface area contributed by atoms with Crippen LogP contribution in [-0.2, 0) is 0 Å². The summed E-state index contributed by atoms with van der Waals surface area (Å²) in [4.78, 5) is 6.30. The number of unbranched alkanes of at least 4 members (excludes halogenated alkanes) is 6. The molecule has 0 unspecified atom stereocenters. The van der Waals surface area contributed by atoms with Gasteiger partial charge >= 0.3 is 0 Å². The molecule has 0 atom stereocenters. The molecule has 0 spiro atoms. The van der Waals surface area contributed by atoms with Gasteiger partial charge in [0.25, 0.3) is 0 Å². The largest absolute Gasteiger partial charge is 0.399 e. The van der Waals surface area contributed by atoms with Crippen molar-refractivity contribution in [1.82, 2.24) is 4.98 Å². The molecule has 2 rings (SSSR count). The highest BCUT2D eigenvalue weighted by molar-refractivity contribution is 5.53. The smallest absolute Gasteiger partial charge is 0.0367 e. The molecule has 0 aliphatic rings. The molecule has 1 aromatic carbocycles. The molecule has 27 heavy (non-hydrogen) atoms. The molecule has 4 N–H and O–H groups in total. The average Bonchev–Trinajstić information content (AvgIpc) is 2.69. The van der Waals surface area contributed by atoms with Crippen molar-refractivity contribution in [3.8, 4) is 0 Å². The van der Waals surface area contributed by atoms with E-state index in [1.54, 1.807) is 24.5 Å². The van der Waals surface area contributed by atoms with Crippen molar-refractivity contribution >= 4 is 17.1 Å². The van der Waals surface area contributed by atoms with Gasteiger partial charge in [-0.25, -0.2) is 0 Å². The third-order valence-corrected chi connectivity index (χ3v) is 4.53. The lowest BCUT2D eigenvalue weighted by Crippen LogP contribution is -2.25. The van der Waals surface area contributed by atoms with Crippen molar-refractivity contribution in [2.24, 2.45) is 0 Å². The summed E-state index contributed by atoms with van der Waals surface area (Å²) >= 11 is 0. The summed E-state index contributed by atoms with van der Waals surface area (Å²) in [5, 5.41) is 0. The van der Waals surface area contributed by atoms with Gasteiger partial charge in [0.05, 0.1) is 0 Å². The van der Waals surface area contributed by atoms with Crippen LogP contribution in [0.25, 0.3) is 0 Å². The van der Waals surface area contributed by atoms with Gasteiger partial charge in [-0.2, -0.15) is 0 Å². The predicted molar refractivity (Wildman–Crippen MR) is 120 cm³/mol. The second-order valence-corrected chi connectivity index (χ2v) is 6.98. The third kappa shape index (κ3) is 11.2. The Bertz CT molecular complexity index is 557. The fourth-order valence-corrected chi connectivity index (χ4v) is 2.88. The molecule has 2 aromatic rings. The molecule has 0 fully saturated rings. The van der Waals surface area contributed by atoms with E-state index in [0.717, 1.165) is 11.4 Å². The number of benzene rings is 1. The summed E-state index contributed by atoms with van der Waals surface area (Å²) in [5.74, 6) is 0. The molecule has 0 saturated carbocycles. The van der Waals surface area contributed by atoms with Gasteiger partial charge in [-0.1, -0.05) is 52.4 Å². The number of anilines is 3. The zero-order chi connectivity index (χ0) is 19.7. The Kier molecular flexibility index (Phi) is 12.6. The van der Waals surface area contributed by atoms with Gasteiger partial charge in [0.2, 0.25) is 0 Å². The highest BCUT2D eigenvalue weighted by Crippen LogP contribution is 2.18. The summed E-state index contributed by atoms with van der Waals surface area (Å²) in [7, 11) is 0. The Labute approximate surface area is 166 Å². The monoisotopic (exact) mass is 370 g/mol. The van der Waals surface area contributed by atoms with Crippen LogP contribution in [0, 0.1) is 0 Å². The normalized spacial score (nSPS) is 10.1. The first-order valence-corrected chi connectivity index (χ1v) is 10.4. The second-order valence-electron chi connectivity index (χ2n) is 6.98. The zero-order valence-electron chi connectivity index (χ0n) is 17.2. The lowest BCUT2D eigenvalue weighted by atomic mass is 10.1. The maximum Gasteiger partial charge on any atom is 0.0367 e. The topological polar surface area (TPSA) is 68.2 Å². The molecule has 0 aliphatic heterocycles. The van der Waals surface area contributed by atoms with Crippen LogP contribution in [0.5, 0.6) is 0 Å². The molecular formula is C23H38N4. The van der Waals surface area contributed by atoms with Crippen LogP contribution in [0.3, 0.4) is 0 Å². The number of nitrogens with zero attached hydrogens (tertiary/aromatic N) is 2. The molecule has 0 radical (unpaired) electrons. The highest BCUT2D eigenvalue weighted by atomic mass is 15.1. The van der Waals surface area contributed by atoms with Gasteiger partial charge < -0.3 is 16.4 Å². The quantitative estimate of drug-likeness (QED) is 0.382. The number of nitrogen functional groups attached to an aromatic ring is 2. The Balaban J connectivity index is 0.000000433. The fraction of sp³-hybridized carbons (Fsp3) is 0.522. The van der Waals surface area contributed by atoms with Crippen LogP contribution in [-0.4, -0.2) is 18.1 Å². The standard InChI is InChI=1S/C18H32N2.C5H6N2/c1-3-5-7-9-15-20(16-10-8-6-4-2)18-13-11-17(19)12-14-18;6-5-1-3-7-4-2-5/h11-14H,3-10,15-16,19H2,1-2H3;1-4H,(H2,6,7). The third-order valence-electron chi connectivity index (χ3n) is 4.53. The van der Waals surface area contributed by atoms with Crippen molar-refractivity contribution in [3.05, 3.63) is 48.8 Å². The fourth-order valence-electron chi connectivity index (χ4n) is 2.88. The molecule has 4 nitrogen and oxygen atoms in total. The molecule has 0 bridgehead atoms. The summed E-state index contributed by atoms with van der Waals surface area (Å²) in [5.41, 5.74) is 14.0. The minimum absolute atomic E-state index is 0.759. The molecule has 1 heterocycles. The van der Waals surface area contributed by atoms with Crippen molar-refractivity contribution in [2.75, 3.05) is 29.5 Å². The van der Waals surface area contributed by atoms with Gasteiger partial charge in [0.1, 0.15) is 0 Å². The number of aromatic nitrogens is 1. The first kappa shape index (κ1) is 22.8. The summed E-state index contributed by atoms with van der Waals surface area (Å²) in [6.45, 7) is 6.89. The van der Waals surface area contributed by atoms with Crippen molar-refractivity contribution < 1.29 is 0 Å². The van der Waals surface area contributed by atoms with Crippen molar-refractivity contribution in [1.29, 1.82) is 0 Å². The number of hydrogen-bond acceptors (Lipinski definition) is 4. The van der Waals surface area contributed by atoms with Crippen LogP contribution in [0.4, 0.5) is 17.1 Å². The number of hydrogen-bond donors (Lipinski definition) is 2. The van der Waals surface area contributed by atoms with E-state index in [1.165, 1.54) is 70.1 Å². The molecular weight excluding hydrogens is 332 g/mol. The first-order valence-electron chi connectivity index (χ1n) is 10.4. The molecule has 0 amide bonds. The lowest BCUT2D eigenvalue weighted by molar-refractivity contribution is 0.609.